The molecule has 1 fully saturated rings. The van der Waals surface area contributed by atoms with Crippen molar-refractivity contribution < 1.29 is 20.1 Å². The molecule has 3 aromatic rings. The van der Waals surface area contributed by atoms with E-state index in [0.717, 1.165) is 17.7 Å². The summed E-state index contributed by atoms with van der Waals surface area (Å²) in [5.41, 5.74) is 8.94. The van der Waals surface area contributed by atoms with E-state index in [0.29, 0.717) is 17.1 Å². The second kappa shape index (κ2) is 7.56. The number of imidazole rings is 1. The Morgan fingerprint density at radius 1 is 1.21 bits per heavy atom. The maximum Gasteiger partial charge on any atom is 0.233 e. The number of benzene rings is 1. The van der Waals surface area contributed by atoms with Crippen LogP contribution >= 0.6 is 0 Å². The van der Waals surface area contributed by atoms with Crippen molar-refractivity contribution in [2.75, 3.05) is 24.3 Å². The van der Waals surface area contributed by atoms with Gasteiger partial charge in [0, 0.05) is 12.7 Å². The molecule has 1 aliphatic heterocycles. The van der Waals surface area contributed by atoms with Gasteiger partial charge in [0.15, 0.2) is 17.7 Å². The molecule has 1 saturated heterocycles. The second-order valence-corrected chi connectivity index (χ2v) is 7.00. The number of nitrogen functional groups attached to an aromatic ring is 1. The van der Waals surface area contributed by atoms with Gasteiger partial charge in [0.25, 0.3) is 0 Å². The third kappa shape index (κ3) is 3.19. The Hall–Kier alpha value is -2.79. The number of aromatic nitrogens is 4. The molecular formula is C19H24N6O4. The molecule has 10 heteroatoms. The van der Waals surface area contributed by atoms with E-state index in [-0.39, 0.29) is 5.82 Å². The van der Waals surface area contributed by atoms with E-state index in [2.05, 4.69) is 21.9 Å². The van der Waals surface area contributed by atoms with Crippen LogP contribution in [-0.2, 0) is 11.2 Å². The summed E-state index contributed by atoms with van der Waals surface area (Å²) in [6, 6.07) is 7.94. The quantitative estimate of drug-likeness (QED) is 0.477. The number of ether oxygens (including phenoxy) is 1. The van der Waals surface area contributed by atoms with Crippen LogP contribution in [0, 0.1) is 0 Å². The molecule has 0 bridgehead atoms. The molecule has 0 radical (unpaired) electrons. The lowest BCUT2D eigenvalue weighted by Crippen LogP contribution is -2.33. The first-order valence-corrected chi connectivity index (χ1v) is 9.40. The molecule has 1 aromatic carbocycles. The van der Waals surface area contributed by atoms with Crippen LogP contribution in [0.2, 0.25) is 0 Å². The standard InChI is InChI=1S/C19H24N6O4/c1-3-10-6-4-5-7-11(10)24(2)19-22-16(20)13-17(23-19)25(9-21-13)18-15(28)14(27)12(8-26)29-18/h4-7,9,12,14-15,18,26-28H,3,8H2,1-2H3,(H2,20,22,23)/t12-,14-,15-,18-/m1/s1. The van der Waals surface area contributed by atoms with Gasteiger partial charge in [-0.15, -0.1) is 0 Å². The van der Waals surface area contributed by atoms with Gasteiger partial charge in [-0.3, -0.25) is 4.57 Å². The molecule has 0 saturated carbocycles. The zero-order chi connectivity index (χ0) is 20.7. The van der Waals surface area contributed by atoms with E-state index in [1.165, 1.54) is 10.9 Å². The van der Waals surface area contributed by atoms with E-state index < -0.39 is 31.1 Å². The average molecular weight is 400 g/mol. The number of para-hydroxylation sites is 1. The number of aryl methyl sites for hydroxylation is 1. The normalized spacial score (nSPS) is 24.3. The molecule has 10 nitrogen and oxygen atoms in total. The largest absolute Gasteiger partial charge is 0.394 e. The summed E-state index contributed by atoms with van der Waals surface area (Å²) in [6.07, 6.45) is -2.05. The van der Waals surface area contributed by atoms with Crippen molar-refractivity contribution in [3.8, 4) is 0 Å². The summed E-state index contributed by atoms with van der Waals surface area (Å²) >= 11 is 0. The van der Waals surface area contributed by atoms with Crippen LogP contribution in [0.25, 0.3) is 11.2 Å². The molecule has 0 amide bonds. The molecule has 0 aliphatic carbocycles. The maximum atomic E-state index is 10.4. The topological polar surface area (TPSA) is 143 Å². The maximum absolute atomic E-state index is 10.4. The van der Waals surface area contributed by atoms with Crippen molar-refractivity contribution in [2.45, 2.75) is 37.9 Å². The van der Waals surface area contributed by atoms with Crippen LogP contribution in [-0.4, -0.2) is 66.8 Å². The first-order chi connectivity index (χ1) is 14.0. The van der Waals surface area contributed by atoms with Crippen molar-refractivity contribution >= 4 is 28.6 Å². The summed E-state index contributed by atoms with van der Waals surface area (Å²) in [5.74, 6) is 0.556. The molecule has 1 aliphatic rings. The highest BCUT2D eigenvalue weighted by Crippen LogP contribution is 2.33. The van der Waals surface area contributed by atoms with Crippen LogP contribution in [0.15, 0.2) is 30.6 Å². The Morgan fingerprint density at radius 2 is 1.97 bits per heavy atom. The Balaban J connectivity index is 1.78. The van der Waals surface area contributed by atoms with Gasteiger partial charge >= 0.3 is 0 Å². The summed E-state index contributed by atoms with van der Waals surface area (Å²) in [5, 5.41) is 29.8. The van der Waals surface area contributed by atoms with Crippen LogP contribution in [0.1, 0.15) is 18.7 Å². The second-order valence-electron chi connectivity index (χ2n) is 7.00. The number of aliphatic hydroxyl groups excluding tert-OH is 3. The summed E-state index contributed by atoms with van der Waals surface area (Å²) in [4.78, 5) is 15.1. The fourth-order valence-electron chi connectivity index (χ4n) is 3.62. The van der Waals surface area contributed by atoms with Crippen molar-refractivity contribution in [2.24, 2.45) is 0 Å². The number of hydrogen-bond donors (Lipinski definition) is 4. The van der Waals surface area contributed by atoms with Gasteiger partial charge in [0.2, 0.25) is 5.95 Å². The number of nitrogens with two attached hydrogens (primary N) is 1. The lowest BCUT2D eigenvalue weighted by molar-refractivity contribution is -0.0511. The minimum absolute atomic E-state index is 0.191. The van der Waals surface area contributed by atoms with Crippen LogP contribution in [0.3, 0.4) is 0 Å². The van der Waals surface area contributed by atoms with Crippen molar-refractivity contribution in [3.63, 3.8) is 0 Å². The highest BCUT2D eigenvalue weighted by Gasteiger charge is 2.44. The summed E-state index contributed by atoms with van der Waals surface area (Å²) < 4.78 is 7.11. The molecule has 154 valence electrons. The molecular weight excluding hydrogens is 376 g/mol. The molecule has 4 rings (SSSR count). The smallest absolute Gasteiger partial charge is 0.233 e. The number of hydrogen-bond acceptors (Lipinski definition) is 9. The summed E-state index contributed by atoms with van der Waals surface area (Å²) in [7, 11) is 1.85. The zero-order valence-electron chi connectivity index (χ0n) is 16.2. The Kier molecular flexibility index (Phi) is 5.09. The molecule has 0 spiro atoms. The SMILES string of the molecule is CCc1ccccc1N(C)c1nc(N)c2ncn([C@@H]3O[C@H](CO)[C@@H](O)[C@H]3O)c2n1. The molecule has 0 unspecified atom stereocenters. The lowest BCUT2D eigenvalue weighted by Gasteiger charge is -2.21. The zero-order valence-corrected chi connectivity index (χ0v) is 16.2. The Labute approximate surface area is 167 Å². The third-order valence-electron chi connectivity index (χ3n) is 5.26. The average Bonchev–Trinajstić information content (AvgIpc) is 3.28. The van der Waals surface area contributed by atoms with E-state index >= 15 is 0 Å². The highest BCUT2D eigenvalue weighted by atomic mass is 16.6. The predicted octanol–water partition coefficient (Wildman–Crippen LogP) is 0.350. The first-order valence-electron chi connectivity index (χ1n) is 9.40. The lowest BCUT2D eigenvalue weighted by atomic mass is 10.1. The van der Waals surface area contributed by atoms with Gasteiger partial charge in [-0.25, -0.2) is 4.98 Å². The van der Waals surface area contributed by atoms with Crippen LogP contribution in [0.4, 0.5) is 17.5 Å². The van der Waals surface area contributed by atoms with E-state index in [1.807, 2.05) is 36.2 Å². The highest BCUT2D eigenvalue weighted by molar-refractivity contribution is 5.83. The molecule has 4 atom stereocenters. The Morgan fingerprint density at radius 3 is 2.66 bits per heavy atom. The molecule has 2 aromatic heterocycles. The minimum Gasteiger partial charge on any atom is -0.394 e. The van der Waals surface area contributed by atoms with Crippen molar-refractivity contribution in [1.82, 2.24) is 19.5 Å². The monoisotopic (exact) mass is 400 g/mol. The molecule has 5 N–H and O–H groups in total. The van der Waals surface area contributed by atoms with E-state index in [4.69, 9.17) is 10.5 Å². The van der Waals surface area contributed by atoms with E-state index in [9.17, 15) is 15.3 Å². The number of anilines is 3. The first kappa shape index (κ1) is 19.5. The van der Waals surface area contributed by atoms with Gasteiger partial charge in [0.05, 0.1) is 12.9 Å². The van der Waals surface area contributed by atoms with Gasteiger partial charge in [0.1, 0.15) is 23.8 Å². The van der Waals surface area contributed by atoms with Crippen LogP contribution in [0.5, 0.6) is 0 Å². The van der Waals surface area contributed by atoms with E-state index in [1.54, 1.807) is 0 Å². The Bertz CT molecular complexity index is 1030. The minimum atomic E-state index is -1.25. The third-order valence-corrected chi connectivity index (χ3v) is 5.26. The van der Waals surface area contributed by atoms with Gasteiger partial charge < -0.3 is 30.7 Å². The van der Waals surface area contributed by atoms with Gasteiger partial charge in [-0.05, 0) is 18.1 Å². The van der Waals surface area contributed by atoms with Crippen LogP contribution < -0.4 is 10.6 Å². The van der Waals surface area contributed by atoms with Gasteiger partial charge in [-0.1, -0.05) is 25.1 Å². The van der Waals surface area contributed by atoms with Gasteiger partial charge in [-0.2, -0.15) is 9.97 Å². The molecule has 29 heavy (non-hydrogen) atoms. The number of nitrogens with zero attached hydrogens (tertiary/aromatic N) is 5. The molecule has 3 heterocycles. The van der Waals surface area contributed by atoms with Crippen molar-refractivity contribution in [1.29, 1.82) is 0 Å². The summed E-state index contributed by atoms with van der Waals surface area (Å²) in [6.45, 7) is 1.65. The predicted molar refractivity (Wildman–Crippen MR) is 107 cm³/mol. The number of fused-ring (bicyclic) bond motifs is 1. The fourth-order valence-corrected chi connectivity index (χ4v) is 3.62. The fraction of sp³-hybridized carbons (Fsp3) is 0.421. The van der Waals surface area contributed by atoms with Crippen molar-refractivity contribution in [3.05, 3.63) is 36.2 Å². The number of aliphatic hydroxyl groups is 3. The number of rotatable bonds is 5.